The molecule has 11 heteroatoms. The first-order chi connectivity index (χ1) is 19.1. The van der Waals surface area contributed by atoms with Crippen molar-refractivity contribution in [2.45, 2.75) is 26.8 Å². The second kappa shape index (κ2) is 11.7. The molecule has 0 saturated carbocycles. The number of anilines is 1. The number of aliphatic hydroxyl groups excluding tert-OH is 1. The van der Waals surface area contributed by atoms with Gasteiger partial charge in [0.15, 0.2) is 16.6 Å². The highest BCUT2D eigenvalue weighted by Gasteiger charge is 2.48. The van der Waals surface area contributed by atoms with Crippen molar-refractivity contribution in [3.8, 4) is 11.5 Å². The minimum Gasteiger partial charge on any atom is -0.507 e. The number of amides is 1. The van der Waals surface area contributed by atoms with E-state index in [9.17, 15) is 23.9 Å². The molecule has 2 heterocycles. The third-order valence-electron chi connectivity index (χ3n) is 6.20. The summed E-state index contributed by atoms with van der Waals surface area (Å²) in [6.07, 6.45) is 1.56. The lowest BCUT2D eigenvalue weighted by Gasteiger charge is -2.24. The van der Waals surface area contributed by atoms with E-state index in [1.807, 2.05) is 0 Å². The molecule has 3 aromatic rings. The average Bonchev–Trinajstić information content (AvgIpc) is 3.45. The Hall–Kier alpha value is -4.51. The van der Waals surface area contributed by atoms with Gasteiger partial charge < -0.3 is 19.3 Å². The van der Waals surface area contributed by atoms with Crippen LogP contribution in [0, 0.1) is 19.7 Å². The Morgan fingerprint density at radius 1 is 1.20 bits per heavy atom. The van der Waals surface area contributed by atoms with Crippen LogP contribution in [0.25, 0.3) is 5.76 Å². The predicted molar refractivity (Wildman–Crippen MR) is 147 cm³/mol. The van der Waals surface area contributed by atoms with Crippen molar-refractivity contribution in [2.75, 3.05) is 25.2 Å². The van der Waals surface area contributed by atoms with Crippen LogP contribution in [0.5, 0.6) is 11.5 Å². The minimum absolute atomic E-state index is 0.0199. The number of carbonyl (C=O) groups excluding carboxylic acids is 3. The monoisotopic (exact) mass is 566 g/mol. The third-order valence-corrected chi connectivity index (χ3v) is 7.34. The molecule has 1 amide bonds. The summed E-state index contributed by atoms with van der Waals surface area (Å²) in [6.45, 7) is 8.79. The van der Waals surface area contributed by atoms with Gasteiger partial charge in [-0.05, 0) is 50.1 Å². The highest BCUT2D eigenvalue weighted by Crippen LogP contribution is 2.45. The molecule has 1 unspecified atom stereocenters. The number of halogens is 1. The fourth-order valence-electron chi connectivity index (χ4n) is 4.23. The maximum Gasteiger partial charge on any atom is 0.350 e. The lowest BCUT2D eigenvalue weighted by molar-refractivity contribution is -0.132. The molecule has 9 nitrogen and oxygen atoms in total. The first-order valence-corrected chi connectivity index (χ1v) is 13.1. The number of nitrogens with zero attached hydrogens (tertiary/aromatic N) is 2. The van der Waals surface area contributed by atoms with E-state index in [1.165, 1.54) is 19.2 Å². The van der Waals surface area contributed by atoms with Crippen LogP contribution in [-0.4, -0.2) is 48.1 Å². The molecule has 1 atom stereocenters. The van der Waals surface area contributed by atoms with Crippen LogP contribution < -0.4 is 14.4 Å². The summed E-state index contributed by atoms with van der Waals surface area (Å²) < 4.78 is 30.6. The Kier molecular flexibility index (Phi) is 8.34. The number of Topliss-reactive ketones (excluding diaryl/α,β-unsaturated/α-hetero) is 1. The quantitative estimate of drug-likeness (QED) is 0.122. The number of aryl methyl sites for hydroxylation is 2. The van der Waals surface area contributed by atoms with Gasteiger partial charge in [-0.15, -0.1) is 0 Å². The molecule has 40 heavy (non-hydrogen) atoms. The first-order valence-electron chi connectivity index (χ1n) is 12.3. The van der Waals surface area contributed by atoms with Crippen LogP contribution in [0.4, 0.5) is 9.52 Å². The molecule has 1 saturated heterocycles. The molecule has 1 fully saturated rings. The SMILES string of the molecule is C=CCOc1ccc(C2/C(=C(\O)c3ccc(C)c(F)c3)C(=O)C(=O)N2c2nc(C)c(C(=O)OCC)s2)cc1OC. The maximum atomic E-state index is 14.4. The lowest BCUT2D eigenvalue weighted by atomic mass is 9.94. The molecular formula is C29H27FN2O7S. The van der Waals surface area contributed by atoms with Gasteiger partial charge in [0, 0.05) is 5.56 Å². The number of ether oxygens (including phenoxy) is 3. The van der Waals surface area contributed by atoms with Crippen LogP contribution in [0.1, 0.15) is 45.0 Å². The zero-order valence-electron chi connectivity index (χ0n) is 22.3. The van der Waals surface area contributed by atoms with Gasteiger partial charge in [-0.2, -0.15) is 0 Å². The van der Waals surface area contributed by atoms with Gasteiger partial charge in [0.05, 0.1) is 31.0 Å². The van der Waals surface area contributed by atoms with Crippen molar-refractivity contribution in [1.82, 2.24) is 4.98 Å². The molecule has 1 N–H and O–H groups in total. The molecule has 2 aromatic carbocycles. The van der Waals surface area contributed by atoms with Gasteiger partial charge in [0.25, 0.3) is 5.78 Å². The molecule has 0 bridgehead atoms. The highest BCUT2D eigenvalue weighted by molar-refractivity contribution is 7.17. The number of aromatic nitrogens is 1. The fraction of sp³-hybridized carbons (Fsp3) is 0.241. The molecule has 1 aliphatic rings. The number of carbonyl (C=O) groups is 3. The van der Waals surface area contributed by atoms with E-state index in [2.05, 4.69) is 11.6 Å². The number of esters is 1. The molecule has 1 aliphatic heterocycles. The Bertz CT molecular complexity index is 1550. The van der Waals surface area contributed by atoms with E-state index in [1.54, 1.807) is 45.0 Å². The maximum absolute atomic E-state index is 14.4. The number of benzene rings is 2. The van der Waals surface area contributed by atoms with Crippen molar-refractivity contribution >= 4 is 39.9 Å². The molecule has 0 spiro atoms. The number of hydrogen-bond acceptors (Lipinski definition) is 9. The van der Waals surface area contributed by atoms with E-state index < -0.39 is 35.3 Å². The van der Waals surface area contributed by atoms with E-state index in [4.69, 9.17) is 14.2 Å². The number of thiazole rings is 1. The average molecular weight is 567 g/mol. The van der Waals surface area contributed by atoms with Crippen molar-refractivity contribution in [2.24, 2.45) is 0 Å². The molecule has 208 valence electrons. The molecule has 4 rings (SSSR count). The van der Waals surface area contributed by atoms with Crippen LogP contribution in [0.3, 0.4) is 0 Å². The third kappa shape index (κ3) is 5.20. The van der Waals surface area contributed by atoms with Crippen LogP contribution in [0.15, 0.2) is 54.6 Å². The van der Waals surface area contributed by atoms with Crippen molar-refractivity contribution < 1.29 is 38.1 Å². The summed E-state index contributed by atoms with van der Waals surface area (Å²) in [5.41, 5.74) is 0.775. The van der Waals surface area contributed by atoms with Crippen LogP contribution in [0.2, 0.25) is 0 Å². The van der Waals surface area contributed by atoms with Gasteiger partial charge in [0.2, 0.25) is 0 Å². The van der Waals surface area contributed by atoms with Crippen molar-refractivity contribution in [3.63, 3.8) is 0 Å². The Labute approximate surface area is 234 Å². The number of rotatable bonds is 9. The van der Waals surface area contributed by atoms with Gasteiger partial charge in [-0.1, -0.05) is 42.2 Å². The molecule has 0 aliphatic carbocycles. The van der Waals surface area contributed by atoms with Gasteiger partial charge in [-0.3, -0.25) is 14.5 Å². The Morgan fingerprint density at radius 3 is 2.60 bits per heavy atom. The minimum atomic E-state index is -1.19. The van der Waals surface area contributed by atoms with Gasteiger partial charge in [0.1, 0.15) is 23.1 Å². The lowest BCUT2D eigenvalue weighted by Crippen LogP contribution is -2.29. The summed E-state index contributed by atoms with van der Waals surface area (Å²) in [5, 5.41) is 11.3. The topological polar surface area (TPSA) is 115 Å². The second-order valence-electron chi connectivity index (χ2n) is 8.77. The Morgan fingerprint density at radius 2 is 1.95 bits per heavy atom. The number of aliphatic hydroxyl groups is 1. The number of ketones is 1. The normalized spacial score (nSPS) is 16.2. The number of methoxy groups -OCH3 is 1. The summed E-state index contributed by atoms with van der Waals surface area (Å²) in [7, 11) is 1.43. The van der Waals surface area contributed by atoms with E-state index in [-0.39, 0.29) is 34.4 Å². The summed E-state index contributed by atoms with van der Waals surface area (Å²) in [4.78, 5) is 45.1. The van der Waals surface area contributed by atoms with E-state index in [0.717, 1.165) is 22.3 Å². The standard InChI is InChI=1S/C29H27FN2O7S/c1-6-12-39-20-11-10-17(14-21(20)37-5)23-22(24(33)18-9-8-15(3)19(30)13-18)25(34)27(35)32(23)29-31-16(4)26(40-29)28(36)38-7-2/h6,8-11,13-14,23,33H,1,7,12H2,2-5H3/b24-22+. The zero-order chi connectivity index (χ0) is 29.1. The van der Waals surface area contributed by atoms with E-state index >= 15 is 0 Å². The smallest absolute Gasteiger partial charge is 0.350 e. The highest BCUT2D eigenvalue weighted by atomic mass is 32.1. The van der Waals surface area contributed by atoms with Crippen molar-refractivity contribution in [3.05, 3.63) is 87.7 Å². The number of hydrogen-bond donors (Lipinski definition) is 1. The first kappa shape index (κ1) is 28.5. The van der Waals surface area contributed by atoms with Crippen LogP contribution >= 0.6 is 11.3 Å². The summed E-state index contributed by atoms with van der Waals surface area (Å²) >= 11 is 0.883. The molecule has 0 radical (unpaired) electrons. The predicted octanol–water partition coefficient (Wildman–Crippen LogP) is 5.28. The van der Waals surface area contributed by atoms with Crippen LogP contribution in [-0.2, 0) is 14.3 Å². The molecule has 1 aromatic heterocycles. The zero-order valence-corrected chi connectivity index (χ0v) is 23.1. The van der Waals surface area contributed by atoms with Gasteiger partial charge >= 0.3 is 11.9 Å². The summed E-state index contributed by atoms with van der Waals surface area (Å²) in [5.74, 6) is -3.05. The van der Waals surface area contributed by atoms with Crippen molar-refractivity contribution in [1.29, 1.82) is 0 Å². The second-order valence-corrected chi connectivity index (χ2v) is 9.75. The largest absolute Gasteiger partial charge is 0.507 e. The summed E-state index contributed by atoms with van der Waals surface area (Å²) in [6, 6.07) is 7.59. The van der Waals surface area contributed by atoms with E-state index in [0.29, 0.717) is 28.3 Å². The fourth-order valence-corrected chi connectivity index (χ4v) is 5.22. The van der Waals surface area contributed by atoms with Gasteiger partial charge in [-0.25, -0.2) is 14.2 Å². The Balaban J connectivity index is 1.94. The molecular weight excluding hydrogens is 539 g/mol.